The van der Waals surface area contributed by atoms with E-state index in [2.05, 4.69) is 14.4 Å². The summed E-state index contributed by atoms with van der Waals surface area (Å²) in [4.78, 5) is 10.3. The first-order chi connectivity index (χ1) is 7.63. The first-order valence-corrected chi connectivity index (χ1v) is 3.91. The minimum atomic E-state index is -5.86. The standard InChI is InChI=1S/C7H4F5NO4/c8-6(9,10)7(11,12)16-2-3-1-4(5(14)15)13-17-3/h1H,2H2,(H,14,15). The molecule has 0 spiro atoms. The van der Waals surface area contributed by atoms with Crippen LogP contribution in [0.4, 0.5) is 22.0 Å². The number of halogens is 5. The van der Waals surface area contributed by atoms with Gasteiger partial charge in [-0.25, -0.2) is 4.79 Å². The Balaban J connectivity index is 2.64. The molecule has 0 fully saturated rings. The van der Waals surface area contributed by atoms with Gasteiger partial charge in [0.15, 0.2) is 11.5 Å². The molecule has 0 radical (unpaired) electrons. The number of aromatic nitrogens is 1. The van der Waals surface area contributed by atoms with Gasteiger partial charge in [0.05, 0.1) is 0 Å². The van der Waals surface area contributed by atoms with Crippen molar-refractivity contribution in [3.8, 4) is 0 Å². The molecule has 10 heteroatoms. The van der Waals surface area contributed by atoms with E-state index in [0.29, 0.717) is 6.07 Å². The fourth-order valence-electron chi connectivity index (χ4n) is 0.725. The van der Waals surface area contributed by atoms with Crippen LogP contribution in [0.5, 0.6) is 0 Å². The molecule has 0 saturated carbocycles. The van der Waals surface area contributed by atoms with E-state index in [1.165, 1.54) is 0 Å². The Morgan fingerprint density at radius 3 is 2.41 bits per heavy atom. The van der Waals surface area contributed by atoms with Crippen molar-refractivity contribution >= 4 is 5.97 Å². The molecule has 0 aliphatic heterocycles. The molecular weight excluding hydrogens is 257 g/mol. The molecule has 1 N–H and O–H groups in total. The average Bonchev–Trinajstić information content (AvgIpc) is 2.61. The fraction of sp³-hybridized carbons (Fsp3) is 0.429. The number of aromatic carboxylic acids is 1. The lowest BCUT2D eigenvalue weighted by Crippen LogP contribution is -2.38. The second-order valence-corrected chi connectivity index (χ2v) is 2.79. The number of carboxylic acids is 1. The maximum Gasteiger partial charge on any atom is 0.482 e. The molecule has 96 valence electrons. The second kappa shape index (κ2) is 4.28. The first-order valence-electron chi connectivity index (χ1n) is 3.91. The van der Waals surface area contributed by atoms with Crippen molar-refractivity contribution in [2.24, 2.45) is 0 Å². The van der Waals surface area contributed by atoms with E-state index >= 15 is 0 Å². The second-order valence-electron chi connectivity index (χ2n) is 2.79. The largest absolute Gasteiger partial charge is 0.482 e. The molecule has 0 saturated heterocycles. The Hall–Kier alpha value is -1.71. The van der Waals surface area contributed by atoms with E-state index in [1.54, 1.807) is 0 Å². The lowest BCUT2D eigenvalue weighted by atomic mass is 10.4. The lowest BCUT2D eigenvalue weighted by molar-refractivity contribution is -0.395. The summed E-state index contributed by atoms with van der Waals surface area (Å²) in [6.45, 7) is -1.26. The first kappa shape index (κ1) is 13.4. The highest BCUT2D eigenvalue weighted by molar-refractivity contribution is 5.85. The SMILES string of the molecule is O=C(O)c1cc(COC(F)(F)C(F)(F)F)on1. The van der Waals surface area contributed by atoms with Gasteiger partial charge in [0.25, 0.3) is 0 Å². The molecule has 0 aliphatic carbocycles. The number of alkyl halides is 5. The zero-order valence-corrected chi connectivity index (χ0v) is 7.79. The molecule has 1 aromatic rings. The van der Waals surface area contributed by atoms with E-state index in [4.69, 9.17) is 5.11 Å². The zero-order chi connectivity index (χ0) is 13.3. The highest BCUT2D eigenvalue weighted by Crippen LogP contribution is 2.36. The number of carbonyl (C=O) groups is 1. The van der Waals surface area contributed by atoms with Gasteiger partial charge in [-0.15, -0.1) is 0 Å². The third-order valence-electron chi connectivity index (χ3n) is 1.50. The molecule has 0 atom stereocenters. The van der Waals surface area contributed by atoms with Crippen LogP contribution in [0.1, 0.15) is 16.2 Å². The van der Waals surface area contributed by atoms with Crippen LogP contribution in [0.15, 0.2) is 10.6 Å². The summed E-state index contributed by atoms with van der Waals surface area (Å²) in [7, 11) is 0. The Labute approximate surface area is 89.8 Å². The van der Waals surface area contributed by atoms with Crippen molar-refractivity contribution in [1.29, 1.82) is 0 Å². The molecule has 0 amide bonds. The van der Waals surface area contributed by atoms with Gasteiger partial charge in [-0.05, 0) is 0 Å². The summed E-state index contributed by atoms with van der Waals surface area (Å²) in [5.41, 5.74) is -0.626. The minimum absolute atomic E-state index is 0.564. The summed E-state index contributed by atoms with van der Waals surface area (Å²) in [6, 6.07) is 0.675. The molecule has 0 bridgehead atoms. The van der Waals surface area contributed by atoms with E-state index in [-0.39, 0.29) is 0 Å². The smallest absolute Gasteiger partial charge is 0.476 e. The summed E-state index contributed by atoms with van der Waals surface area (Å²) in [6.07, 6.45) is -11.2. The summed E-state index contributed by atoms with van der Waals surface area (Å²) < 4.78 is 66.9. The van der Waals surface area contributed by atoms with E-state index in [9.17, 15) is 26.7 Å². The molecule has 0 unspecified atom stereocenters. The molecular formula is C7H4F5NO4. The van der Waals surface area contributed by atoms with Gasteiger partial charge in [-0.3, -0.25) is 0 Å². The zero-order valence-electron chi connectivity index (χ0n) is 7.79. The Morgan fingerprint density at radius 2 is 2.00 bits per heavy atom. The number of hydrogen-bond donors (Lipinski definition) is 1. The average molecular weight is 261 g/mol. The number of carboxylic acid groups (broad SMARTS) is 1. The molecule has 0 aromatic carbocycles. The van der Waals surface area contributed by atoms with Gasteiger partial charge in [0, 0.05) is 6.07 Å². The van der Waals surface area contributed by atoms with Crippen LogP contribution in [0.25, 0.3) is 0 Å². The van der Waals surface area contributed by atoms with Gasteiger partial charge in [0.1, 0.15) is 6.61 Å². The summed E-state index contributed by atoms with van der Waals surface area (Å²) in [5.74, 6) is -2.08. The van der Waals surface area contributed by atoms with Crippen molar-refractivity contribution in [3.63, 3.8) is 0 Å². The number of nitrogens with zero attached hydrogens (tertiary/aromatic N) is 1. The fourth-order valence-corrected chi connectivity index (χ4v) is 0.725. The Morgan fingerprint density at radius 1 is 1.41 bits per heavy atom. The molecule has 5 nitrogen and oxygen atoms in total. The highest BCUT2D eigenvalue weighted by atomic mass is 19.4. The Bertz CT molecular complexity index is 413. The molecule has 1 aromatic heterocycles. The predicted molar refractivity (Wildman–Crippen MR) is 39.3 cm³/mol. The van der Waals surface area contributed by atoms with E-state index in [0.717, 1.165) is 0 Å². The molecule has 1 heterocycles. The maximum atomic E-state index is 12.3. The van der Waals surface area contributed by atoms with Crippen LogP contribution >= 0.6 is 0 Å². The lowest BCUT2D eigenvalue weighted by Gasteiger charge is -2.18. The normalized spacial score (nSPS) is 12.8. The number of rotatable bonds is 4. The topological polar surface area (TPSA) is 72.6 Å². The van der Waals surface area contributed by atoms with Crippen LogP contribution in [-0.4, -0.2) is 28.5 Å². The van der Waals surface area contributed by atoms with Crippen LogP contribution in [0, 0.1) is 0 Å². The monoisotopic (exact) mass is 261 g/mol. The van der Waals surface area contributed by atoms with Gasteiger partial charge in [-0.2, -0.15) is 22.0 Å². The van der Waals surface area contributed by atoms with Crippen molar-refractivity contribution < 1.29 is 41.1 Å². The van der Waals surface area contributed by atoms with Crippen molar-refractivity contribution in [1.82, 2.24) is 5.16 Å². The van der Waals surface area contributed by atoms with Crippen molar-refractivity contribution in [2.45, 2.75) is 18.9 Å². The Kier molecular flexibility index (Phi) is 3.36. The third kappa shape index (κ3) is 3.12. The number of hydrogen-bond acceptors (Lipinski definition) is 4. The van der Waals surface area contributed by atoms with E-state index in [1.807, 2.05) is 0 Å². The number of ether oxygens (including phenoxy) is 1. The third-order valence-corrected chi connectivity index (χ3v) is 1.50. The van der Waals surface area contributed by atoms with Gasteiger partial charge >= 0.3 is 18.3 Å². The van der Waals surface area contributed by atoms with Gasteiger partial charge in [-0.1, -0.05) is 5.16 Å². The highest BCUT2D eigenvalue weighted by Gasteiger charge is 2.59. The van der Waals surface area contributed by atoms with Gasteiger partial charge in [0.2, 0.25) is 0 Å². The van der Waals surface area contributed by atoms with Crippen LogP contribution in [0.2, 0.25) is 0 Å². The van der Waals surface area contributed by atoms with Gasteiger partial charge < -0.3 is 14.4 Å². The van der Waals surface area contributed by atoms with Crippen molar-refractivity contribution in [3.05, 3.63) is 17.5 Å². The summed E-state index contributed by atoms with van der Waals surface area (Å²) in [5, 5.41) is 11.3. The minimum Gasteiger partial charge on any atom is -0.476 e. The van der Waals surface area contributed by atoms with Crippen LogP contribution in [0.3, 0.4) is 0 Å². The van der Waals surface area contributed by atoms with Crippen LogP contribution in [-0.2, 0) is 11.3 Å². The molecule has 0 aliphatic rings. The molecule has 1 rings (SSSR count). The van der Waals surface area contributed by atoms with E-state index < -0.39 is 36.3 Å². The predicted octanol–water partition coefficient (Wildman–Crippen LogP) is 2.04. The van der Waals surface area contributed by atoms with Crippen molar-refractivity contribution in [2.75, 3.05) is 0 Å². The maximum absolute atomic E-state index is 12.3. The molecule has 17 heavy (non-hydrogen) atoms. The quantitative estimate of drug-likeness (QED) is 0.839. The summed E-state index contributed by atoms with van der Waals surface area (Å²) >= 11 is 0. The van der Waals surface area contributed by atoms with Crippen LogP contribution < -0.4 is 0 Å².